The fourth-order valence-electron chi connectivity index (χ4n) is 4.93. The molecule has 0 amide bonds. The fourth-order valence-corrected chi connectivity index (χ4v) is 5.20. The molecule has 2 N–H and O–H groups in total. The second-order valence-electron chi connectivity index (χ2n) is 9.62. The number of fused-ring (bicyclic) bond motifs is 2. The van der Waals surface area contributed by atoms with Gasteiger partial charge in [0.1, 0.15) is 24.0 Å². The van der Waals surface area contributed by atoms with Crippen molar-refractivity contribution in [1.82, 2.24) is 15.3 Å². The third-order valence-corrected chi connectivity index (χ3v) is 7.32. The Morgan fingerprint density at radius 2 is 1.89 bits per heavy atom. The molecule has 1 saturated carbocycles. The number of benzene rings is 2. The molecule has 2 aliphatic rings. The highest BCUT2D eigenvalue weighted by Gasteiger charge is 2.23. The Morgan fingerprint density at radius 3 is 2.69 bits per heavy atom. The van der Waals surface area contributed by atoms with Gasteiger partial charge in [0.05, 0.1) is 10.5 Å². The van der Waals surface area contributed by atoms with Crippen molar-refractivity contribution in [3.8, 4) is 5.75 Å². The summed E-state index contributed by atoms with van der Waals surface area (Å²) in [7, 11) is 4.02. The molecule has 35 heavy (non-hydrogen) atoms. The molecule has 0 atom stereocenters. The molecule has 3 aromatic rings. The van der Waals surface area contributed by atoms with Crippen molar-refractivity contribution in [2.24, 2.45) is 5.92 Å². The van der Waals surface area contributed by atoms with Crippen molar-refractivity contribution in [1.29, 1.82) is 0 Å². The third-order valence-electron chi connectivity index (χ3n) is 6.85. The first kappa shape index (κ1) is 23.8. The molecule has 0 bridgehead atoms. The van der Waals surface area contributed by atoms with E-state index in [1.807, 2.05) is 37.2 Å². The van der Waals surface area contributed by atoms with Gasteiger partial charge in [0.15, 0.2) is 0 Å². The van der Waals surface area contributed by atoms with Crippen molar-refractivity contribution < 1.29 is 9.13 Å². The van der Waals surface area contributed by atoms with Crippen LogP contribution >= 0.6 is 11.6 Å². The van der Waals surface area contributed by atoms with E-state index in [9.17, 15) is 4.39 Å². The molecule has 6 nitrogen and oxygen atoms in total. The monoisotopic (exact) mass is 495 g/mol. The number of hydrogen-bond acceptors (Lipinski definition) is 6. The summed E-state index contributed by atoms with van der Waals surface area (Å²) >= 11 is 6.54. The lowest BCUT2D eigenvalue weighted by molar-refractivity contribution is 0.319. The first-order chi connectivity index (χ1) is 17.0. The van der Waals surface area contributed by atoms with Gasteiger partial charge >= 0.3 is 0 Å². The Labute approximate surface area is 210 Å². The van der Waals surface area contributed by atoms with Crippen LogP contribution in [0.1, 0.15) is 31.2 Å². The molecular formula is C27H31ClFN5O. The number of halogens is 2. The summed E-state index contributed by atoms with van der Waals surface area (Å²) in [5, 5.41) is 8.77. The number of ether oxygens (including phenoxy) is 1. The summed E-state index contributed by atoms with van der Waals surface area (Å²) in [6.07, 6.45) is 4.43. The Bertz CT molecular complexity index is 1240. The molecule has 1 aliphatic heterocycles. The number of para-hydroxylation sites is 1. The summed E-state index contributed by atoms with van der Waals surface area (Å²) in [6, 6.07) is 13.0. The molecule has 2 heterocycles. The molecule has 5 rings (SSSR count). The first-order valence-electron chi connectivity index (χ1n) is 12.2. The minimum atomic E-state index is -0.308. The minimum absolute atomic E-state index is 0.308. The van der Waals surface area contributed by atoms with Gasteiger partial charge in [0.2, 0.25) is 5.95 Å². The van der Waals surface area contributed by atoms with Gasteiger partial charge in [0, 0.05) is 43.2 Å². The van der Waals surface area contributed by atoms with Gasteiger partial charge in [-0.05, 0) is 68.5 Å². The average Bonchev–Trinajstić information content (AvgIpc) is 2.86. The van der Waals surface area contributed by atoms with E-state index in [-0.39, 0.29) is 5.82 Å². The van der Waals surface area contributed by atoms with Gasteiger partial charge in [-0.2, -0.15) is 4.98 Å². The van der Waals surface area contributed by atoms with Crippen LogP contribution in [0.15, 0.2) is 48.0 Å². The number of anilines is 2. The van der Waals surface area contributed by atoms with Crippen LogP contribution in [-0.4, -0.2) is 49.8 Å². The van der Waals surface area contributed by atoms with Gasteiger partial charge < -0.3 is 20.3 Å². The summed E-state index contributed by atoms with van der Waals surface area (Å²) in [5.74, 6) is 2.57. The maximum Gasteiger partial charge on any atom is 0.225 e. The smallest absolute Gasteiger partial charge is 0.225 e. The second kappa shape index (κ2) is 10.4. The lowest BCUT2D eigenvalue weighted by Gasteiger charge is -2.30. The summed E-state index contributed by atoms with van der Waals surface area (Å²) in [4.78, 5) is 11.6. The van der Waals surface area contributed by atoms with Crippen LogP contribution in [-0.2, 0) is 0 Å². The van der Waals surface area contributed by atoms with E-state index in [0.717, 1.165) is 54.5 Å². The molecule has 0 saturated heterocycles. The highest BCUT2D eigenvalue weighted by molar-refractivity contribution is 6.49. The normalized spacial score (nSPS) is 19.9. The molecule has 184 valence electrons. The first-order valence-corrected chi connectivity index (χ1v) is 12.6. The van der Waals surface area contributed by atoms with E-state index in [1.165, 1.54) is 12.1 Å². The van der Waals surface area contributed by atoms with Crippen LogP contribution < -0.4 is 20.3 Å². The van der Waals surface area contributed by atoms with E-state index >= 15 is 0 Å². The molecule has 8 heteroatoms. The van der Waals surface area contributed by atoms with Crippen LogP contribution in [0.2, 0.25) is 0 Å². The lowest BCUT2D eigenvalue weighted by Crippen LogP contribution is -2.33. The topological polar surface area (TPSA) is 62.3 Å². The van der Waals surface area contributed by atoms with Crippen LogP contribution in [0.25, 0.3) is 15.9 Å². The van der Waals surface area contributed by atoms with E-state index in [4.69, 9.17) is 26.3 Å². The van der Waals surface area contributed by atoms with Crippen molar-refractivity contribution in [3.63, 3.8) is 0 Å². The molecule has 0 radical (unpaired) electrons. The van der Waals surface area contributed by atoms with Crippen LogP contribution in [0, 0.1) is 11.7 Å². The number of rotatable bonds is 7. The number of nitrogens with one attached hydrogen (secondary N) is 2. The largest absolute Gasteiger partial charge is 0.488 e. The maximum atomic E-state index is 13.6. The predicted octanol–water partition coefficient (Wildman–Crippen LogP) is 5.44. The van der Waals surface area contributed by atoms with Gasteiger partial charge in [-0.15, -0.1) is 0 Å². The van der Waals surface area contributed by atoms with Gasteiger partial charge in [-0.3, -0.25) is 0 Å². The molecule has 2 aromatic carbocycles. The average molecular weight is 496 g/mol. The molecule has 0 spiro atoms. The summed E-state index contributed by atoms with van der Waals surface area (Å²) < 4.78 is 19.4. The SMILES string of the molecule is CN(C)c1nc(N[C@H]2CC[C@@H](CNCC3=C(Cl)c4cc(F)ccc4OC3)CC2)nc2ccccc12. The predicted molar refractivity (Wildman–Crippen MR) is 141 cm³/mol. The Balaban J connectivity index is 1.13. The second-order valence-corrected chi connectivity index (χ2v) is 10.00. The van der Waals surface area contributed by atoms with E-state index in [2.05, 4.69) is 16.7 Å². The van der Waals surface area contributed by atoms with Crippen molar-refractivity contribution in [2.75, 3.05) is 44.0 Å². The van der Waals surface area contributed by atoms with Crippen LogP contribution in [0.4, 0.5) is 16.2 Å². The standard InChI is InChI=1S/C27H31ClFN5O/c1-34(2)26-21-5-3-4-6-23(21)32-27(33-26)31-20-10-7-17(8-11-20)14-30-15-18-16-35-24-12-9-19(29)13-22(24)25(18)28/h3-6,9,12-13,17,20,30H,7-8,10-11,14-16H2,1-2H3,(H,31,32,33)/t17-,20+. The highest BCUT2D eigenvalue weighted by atomic mass is 35.5. The van der Waals surface area contributed by atoms with E-state index < -0.39 is 0 Å². The van der Waals surface area contributed by atoms with Gasteiger partial charge in [-0.25, -0.2) is 9.37 Å². The number of aromatic nitrogens is 2. The van der Waals surface area contributed by atoms with Crippen molar-refractivity contribution in [2.45, 2.75) is 31.7 Å². The fraction of sp³-hybridized carbons (Fsp3) is 0.407. The zero-order valence-electron chi connectivity index (χ0n) is 20.2. The zero-order chi connectivity index (χ0) is 24.4. The van der Waals surface area contributed by atoms with Crippen molar-refractivity contribution >= 4 is 39.3 Å². The molecule has 0 unspecified atom stereocenters. The summed E-state index contributed by atoms with van der Waals surface area (Å²) in [6.45, 7) is 2.00. The quantitative estimate of drug-likeness (QED) is 0.455. The Hall–Kier alpha value is -2.90. The van der Waals surface area contributed by atoms with E-state index in [0.29, 0.717) is 47.4 Å². The number of hydrogen-bond donors (Lipinski definition) is 2. The van der Waals surface area contributed by atoms with Crippen LogP contribution in [0.5, 0.6) is 5.75 Å². The number of nitrogens with zero attached hydrogens (tertiary/aromatic N) is 3. The van der Waals surface area contributed by atoms with E-state index in [1.54, 1.807) is 6.07 Å². The third kappa shape index (κ3) is 5.36. The maximum absolute atomic E-state index is 13.6. The van der Waals surface area contributed by atoms with Crippen LogP contribution in [0.3, 0.4) is 0 Å². The molecule has 1 aromatic heterocycles. The molecule has 1 fully saturated rings. The Morgan fingerprint density at radius 1 is 1.09 bits per heavy atom. The molecular weight excluding hydrogens is 465 g/mol. The summed E-state index contributed by atoms with van der Waals surface area (Å²) in [5.41, 5.74) is 2.55. The highest BCUT2D eigenvalue weighted by Crippen LogP contribution is 2.36. The van der Waals surface area contributed by atoms with Crippen molar-refractivity contribution in [3.05, 3.63) is 59.4 Å². The Kier molecular flexibility index (Phi) is 7.07. The molecule has 1 aliphatic carbocycles. The zero-order valence-corrected chi connectivity index (χ0v) is 20.9. The lowest BCUT2D eigenvalue weighted by atomic mass is 9.86. The van der Waals surface area contributed by atoms with Gasteiger partial charge in [-0.1, -0.05) is 23.7 Å². The van der Waals surface area contributed by atoms with Gasteiger partial charge in [0.25, 0.3) is 0 Å². The minimum Gasteiger partial charge on any atom is -0.488 e.